The lowest BCUT2D eigenvalue weighted by Crippen LogP contribution is -2.47. The number of rotatable bonds is 1. The van der Waals surface area contributed by atoms with Crippen LogP contribution < -0.4 is 9.47 Å². The van der Waals surface area contributed by atoms with Gasteiger partial charge < -0.3 is 14.2 Å². The molecule has 0 aromatic heterocycles. The molecule has 0 spiro atoms. The molecule has 1 aliphatic carbocycles. The van der Waals surface area contributed by atoms with Crippen molar-refractivity contribution in [2.75, 3.05) is 27.0 Å². The van der Waals surface area contributed by atoms with E-state index in [1.165, 1.54) is 24.7 Å². The molecule has 5 rings (SSSR count). The molecule has 1 saturated heterocycles. The van der Waals surface area contributed by atoms with Crippen LogP contribution in [0.1, 0.15) is 36.4 Å². The number of ether oxygens (including phenoxy) is 3. The molecule has 0 saturated carbocycles. The molecule has 5 heteroatoms. The summed E-state index contributed by atoms with van der Waals surface area (Å²) in [6, 6.07) is 4.67. The molecule has 25 heavy (non-hydrogen) atoms. The van der Waals surface area contributed by atoms with Gasteiger partial charge in [-0.2, -0.15) is 0 Å². The fourth-order valence-electron chi connectivity index (χ4n) is 5.13. The van der Waals surface area contributed by atoms with E-state index < -0.39 is 0 Å². The average molecular weight is 341 g/mol. The molecule has 5 nitrogen and oxygen atoms in total. The zero-order valence-electron chi connectivity index (χ0n) is 14.5. The summed E-state index contributed by atoms with van der Waals surface area (Å²) in [4.78, 5) is 14.8. The highest BCUT2D eigenvalue weighted by molar-refractivity contribution is 5.89. The van der Waals surface area contributed by atoms with Gasteiger partial charge in [-0.15, -0.1) is 0 Å². The van der Waals surface area contributed by atoms with Crippen molar-refractivity contribution in [2.24, 2.45) is 11.8 Å². The van der Waals surface area contributed by atoms with Crippen molar-refractivity contribution in [1.82, 2.24) is 4.90 Å². The Morgan fingerprint density at radius 3 is 2.96 bits per heavy atom. The van der Waals surface area contributed by atoms with Crippen LogP contribution in [0.2, 0.25) is 0 Å². The third-order valence-electron chi connectivity index (χ3n) is 6.34. The Morgan fingerprint density at radius 2 is 2.12 bits per heavy atom. The maximum absolute atomic E-state index is 12.2. The predicted octanol–water partition coefficient (Wildman–Crippen LogP) is 2.84. The average Bonchev–Trinajstić information content (AvgIpc) is 3.11. The maximum Gasteiger partial charge on any atom is 0.333 e. The van der Waals surface area contributed by atoms with Crippen LogP contribution in [0.15, 0.2) is 23.8 Å². The van der Waals surface area contributed by atoms with E-state index in [-0.39, 0.29) is 5.97 Å². The third-order valence-corrected chi connectivity index (χ3v) is 6.34. The van der Waals surface area contributed by atoms with Crippen LogP contribution in [0, 0.1) is 11.8 Å². The maximum atomic E-state index is 12.2. The zero-order chi connectivity index (χ0) is 17.0. The van der Waals surface area contributed by atoms with E-state index in [4.69, 9.17) is 14.2 Å². The Morgan fingerprint density at radius 1 is 1.28 bits per heavy atom. The van der Waals surface area contributed by atoms with Crippen molar-refractivity contribution in [1.29, 1.82) is 0 Å². The van der Waals surface area contributed by atoms with E-state index in [2.05, 4.69) is 23.1 Å². The monoisotopic (exact) mass is 341 g/mol. The Hall–Kier alpha value is -2.01. The van der Waals surface area contributed by atoms with Crippen LogP contribution in [0.3, 0.4) is 0 Å². The Balaban J connectivity index is 1.50. The summed E-state index contributed by atoms with van der Waals surface area (Å²) in [5.41, 5.74) is 3.61. The highest BCUT2D eigenvalue weighted by atomic mass is 16.7. The summed E-state index contributed by atoms with van der Waals surface area (Å²) in [5, 5.41) is 0. The standard InChI is InChI=1S/C20H23NO4/c1-23-20(22)14-4-2-3-13-10-21-6-5-12-7-18-19(25-11-24-18)9-16(12)17(21)8-15(13)14/h4,7,9,13,15,17H,2-3,5-6,8,10-11H2,1H3/t13-,15+,17+/m1/s1. The van der Waals surface area contributed by atoms with Gasteiger partial charge in [0.1, 0.15) is 0 Å². The van der Waals surface area contributed by atoms with Crippen LogP contribution in [-0.4, -0.2) is 37.9 Å². The fraction of sp³-hybridized carbons (Fsp3) is 0.550. The second-order valence-electron chi connectivity index (χ2n) is 7.50. The lowest BCUT2D eigenvalue weighted by atomic mass is 9.69. The van der Waals surface area contributed by atoms with Crippen LogP contribution in [0.4, 0.5) is 0 Å². The number of carbonyl (C=O) groups is 1. The lowest BCUT2D eigenvalue weighted by molar-refractivity contribution is -0.137. The fourth-order valence-corrected chi connectivity index (χ4v) is 5.13. The normalized spacial score (nSPS) is 30.0. The van der Waals surface area contributed by atoms with Crippen LogP contribution in [0.25, 0.3) is 0 Å². The molecule has 3 atom stereocenters. The number of hydrogen-bond acceptors (Lipinski definition) is 5. The minimum atomic E-state index is -0.148. The van der Waals surface area contributed by atoms with Crippen molar-refractivity contribution in [3.63, 3.8) is 0 Å². The van der Waals surface area contributed by atoms with Gasteiger partial charge in [0.15, 0.2) is 11.5 Å². The van der Waals surface area contributed by atoms with Crippen molar-refractivity contribution in [2.45, 2.75) is 31.7 Å². The molecule has 1 aromatic rings. The summed E-state index contributed by atoms with van der Waals surface area (Å²) in [5.74, 6) is 2.44. The van der Waals surface area contributed by atoms with E-state index in [0.29, 0.717) is 24.7 Å². The van der Waals surface area contributed by atoms with E-state index in [1.807, 2.05) is 0 Å². The molecule has 0 bridgehead atoms. The molecule has 0 radical (unpaired) electrons. The largest absolute Gasteiger partial charge is 0.466 e. The molecule has 1 fully saturated rings. The molecule has 3 heterocycles. The quantitative estimate of drug-likeness (QED) is 0.735. The van der Waals surface area contributed by atoms with Gasteiger partial charge in [-0.05, 0) is 60.8 Å². The number of hydrogen-bond donors (Lipinski definition) is 0. The molecule has 132 valence electrons. The van der Waals surface area contributed by atoms with Crippen molar-refractivity contribution < 1.29 is 19.0 Å². The number of nitrogens with zero attached hydrogens (tertiary/aromatic N) is 1. The SMILES string of the molecule is COC(=O)C1=CCC[C@@H]2CN3CCc4cc5c(cc4[C@@H]3C[C@H]12)OCO5. The molecular weight excluding hydrogens is 318 g/mol. The summed E-state index contributed by atoms with van der Waals surface area (Å²) in [7, 11) is 1.48. The third kappa shape index (κ3) is 2.36. The molecule has 4 aliphatic rings. The van der Waals surface area contributed by atoms with Crippen LogP contribution >= 0.6 is 0 Å². The number of esters is 1. The number of allylic oxidation sites excluding steroid dienone is 1. The van der Waals surface area contributed by atoms with Gasteiger partial charge in [0.05, 0.1) is 7.11 Å². The van der Waals surface area contributed by atoms with E-state index in [1.54, 1.807) is 0 Å². The van der Waals surface area contributed by atoms with Crippen molar-refractivity contribution in [3.8, 4) is 11.5 Å². The summed E-state index contributed by atoms with van der Waals surface area (Å²) in [6.07, 6.45) is 6.30. The minimum Gasteiger partial charge on any atom is -0.466 e. The van der Waals surface area contributed by atoms with Gasteiger partial charge in [0.2, 0.25) is 6.79 Å². The molecule has 1 aromatic carbocycles. The first-order chi connectivity index (χ1) is 12.2. The van der Waals surface area contributed by atoms with E-state index >= 15 is 0 Å². The number of fused-ring (bicyclic) bond motifs is 5. The number of methoxy groups -OCH3 is 1. The number of carbonyl (C=O) groups excluding carboxylic acids is 1. The second-order valence-corrected chi connectivity index (χ2v) is 7.50. The predicted molar refractivity (Wildman–Crippen MR) is 91.5 cm³/mol. The Bertz CT molecular complexity index is 756. The molecule has 0 N–H and O–H groups in total. The summed E-state index contributed by atoms with van der Waals surface area (Å²) >= 11 is 0. The molecule has 3 aliphatic heterocycles. The van der Waals surface area contributed by atoms with Gasteiger partial charge in [0, 0.05) is 24.7 Å². The van der Waals surface area contributed by atoms with Crippen LogP contribution in [-0.2, 0) is 16.0 Å². The second kappa shape index (κ2) is 5.77. The topological polar surface area (TPSA) is 48.0 Å². The minimum absolute atomic E-state index is 0.148. The molecule has 0 amide bonds. The van der Waals surface area contributed by atoms with Gasteiger partial charge >= 0.3 is 5.97 Å². The molecule has 0 unspecified atom stereocenters. The van der Waals surface area contributed by atoms with Gasteiger partial charge in [-0.1, -0.05) is 6.08 Å². The zero-order valence-corrected chi connectivity index (χ0v) is 14.5. The Kier molecular flexibility index (Phi) is 3.52. The Labute approximate surface area is 147 Å². The highest BCUT2D eigenvalue weighted by Crippen LogP contribution is 2.49. The highest BCUT2D eigenvalue weighted by Gasteiger charge is 2.43. The van der Waals surface area contributed by atoms with Crippen molar-refractivity contribution >= 4 is 5.97 Å². The number of benzene rings is 1. The van der Waals surface area contributed by atoms with Crippen molar-refractivity contribution in [3.05, 3.63) is 34.9 Å². The lowest BCUT2D eigenvalue weighted by Gasteiger charge is -2.48. The van der Waals surface area contributed by atoms with Gasteiger partial charge in [-0.25, -0.2) is 4.79 Å². The smallest absolute Gasteiger partial charge is 0.333 e. The van der Waals surface area contributed by atoms with Gasteiger partial charge in [-0.3, -0.25) is 4.90 Å². The van der Waals surface area contributed by atoms with E-state index in [0.717, 1.165) is 49.4 Å². The number of piperidine rings is 1. The first-order valence-corrected chi connectivity index (χ1v) is 9.19. The first-order valence-electron chi connectivity index (χ1n) is 9.19. The summed E-state index contributed by atoms with van der Waals surface area (Å²) in [6.45, 7) is 2.46. The van der Waals surface area contributed by atoms with Gasteiger partial charge in [0.25, 0.3) is 0 Å². The first kappa shape index (κ1) is 15.3. The van der Waals surface area contributed by atoms with E-state index in [9.17, 15) is 4.79 Å². The molecular formula is C20H23NO4. The summed E-state index contributed by atoms with van der Waals surface area (Å²) < 4.78 is 16.2. The van der Waals surface area contributed by atoms with Crippen LogP contribution in [0.5, 0.6) is 11.5 Å².